The van der Waals surface area contributed by atoms with Crippen LogP contribution in [0, 0.1) is 17.8 Å². The Hall–Kier alpha value is -3.50. The number of thiophene rings is 1. The highest BCUT2D eigenvalue weighted by atomic mass is 32.1. The minimum absolute atomic E-state index is 0.000495. The lowest BCUT2D eigenvalue weighted by molar-refractivity contribution is -0.00522. The van der Waals surface area contributed by atoms with Gasteiger partial charge in [0.05, 0.1) is 0 Å². The van der Waals surface area contributed by atoms with Crippen molar-refractivity contribution in [2.45, 2.75) is 174 Å². The van der Waals surface area contributed by atoms with Gasteiger partial charge in [-0.2, -0.15) is 0 Å². The Morgan fingerprint density at radius 1 is 0.633 bits per heavy atom. The molecule has 4 saturated carbocycles. The van der Waals surface area contributed by atoms with Crippen molar-refractivity contribution in [3.8, 4) is 11.5 Å². The fourth-order valence-electron chi connectivity index (χ4n) is 13.4. The molecular weight excluding hydrogens is 746 g/mol. The van der Waals surface area contributed by atoms with Crippen molar-refractivity contribution in [3.63, 3.8) is 0 Å². The zero-order chi connectivity index (χ0) is 42.3. The molecule has 4 fully saturated rings. The van der Waals surface area contributed by atoms with Gasteiger partial charge in [-0.3, -0.25) is 0 Å². The number of fused-ring (bicyclic) bond motifs is 7. The fraction of sp³-hybridized carbons (Fsp3) is 0.536. The third kappa shape index (κ3) is 5.84. The lowest BCUT2D eigenvalue weighted by atomic mass is 9.36. The minimum Gasteiger partial charge on any atom is -0.457 e. The van der Waals surface area contributed by atoms with Crippen LogP contribution in [0.15, 0.2) is 60.7 Å². The molecule has 5 aromatic rings. The maximum absolute atomic E-state index is 7.57. The predicted octanol–water partition coefficient (Wildman–Crippen LogP) is 14.0. The second kappa shape index (κ2) is 12.4. The number of rotatable bonds is 2. The molecule has 4 bridgehead atoms. The van der Waals surface area contributed by atoms with E-state index in [1.54, 1.807) is 5.56 Å². The van der Waals surface area contributed by atoms with Gasteiger partial charge in [0, 0.05) is 31.9 Å². The highest BCUT2D eigenvalue weighted by Gasteiger charge is 2.53. The van der Waals surface area contributed by atoms with Crippen molar-refractivity contribution in [1.29, 1.82) is 0 Å². The second-order valence-corrected chi connectivity index (χ2v) is 26.3. The largest absolute Gasteiger partial charge is 0.457 e. The summed E-state index contributed by atoms with van der Waals surface area (Å²) in [5.74, 6) is 4.81. The van der Waals surface area contributed by atoms with Crippen molar-refractivity contribution < 1.29 is 4.74 Å². The normalized spacial score (nSPS) is 25.8. The molecule has 7 aliphatic rings. The SMILES string of the molecule is CC(C)(C)c1cc(N2c3cc4c(cc3B3c5sc6ccc(C(C)(C)C)cc6c5Oc5cc(C67CC8CC(CC(C8)C6)C7)cc2c53)C(C)(C)CCC4(C)C)cc(C(C)(C)C)c1. The Morgan fingerprint density at radius 3 is 1.77 bits per heavy atom. The van der Waals surface area contributed by atoms with Crippen molar-refractivity contribution in [2.24, 2.45) is 17.8 Å². The van der Waals surface area contributed by atoms with Gasteiger partial charge in [-0.1, -0.05) is 108 Å². The molecule has 0 spiro atoms. The Bertz CT molecular complexity index is 2570. The first kappa shape index (κ1) is 39.4. The van der Waals surface area contributed by atoms with E-state index in [1.165, 1.54) is 122 Å². The molecule has 0 radical (unpaired) electrons. The van der Waals surface area contributed by atoms with Gasteiger partial charge in [0.15, 0.2) is 0 Å². The molecule has 0 atom stereocenters. The second-order valence-electron chi connectivity index (χ2n) is 25.2. The van der Waals surface area contributed by atoms with E-state index in [9.17, 15) is 0 Å². The molecule has 4 heteroatoms. The van der Waals surface area contributed by atoms with Crippen molar-refractivity contribution in [1.82, 2.24) is 0 Å². The van der Waals surface area contributed by atoms with Gasteiger partial charge < -0.3 is 9.64 Å². The number of nitrogens with zero attached hydrogens (tertiary/aromatic N) is 1. The van der Waals surface area contributed by atoms with Gasteiger partial charge in [-0.25, -0.2) is 0 Å². The first-order valence-electron chi connectivity index (χ1n) is 23.6. The van der Waals surface area contributed by atoms with Crippen molar-refractivity contribution in [3.05, 3.63) is 94.0 Å². The highest BCUT2D eigenvalue weighted by Crippen LogP contribution is 2.62. The number of anilines is 3. The van der Waals surface area contributed by atoms with Crippen molar-refractivity contribution in [2.75, 3.05) is 4.90 Å². The summed E-state index contributed by atoms with van der Waals surface area (Å²) < 4.78 is 10.3. The average molecular weight is 814 g/mol. The van der Waals surface area contributed by atoms with Crippen LogP contribution in [-0.2, 0) is 32.5 Å². The molecule has 0 N–H and O–H groups in total. The Morgan fingerprint density at radius 2 is 1.20 bits per heavy atom. The lowest BCUT2D eigenvalue weighted by Crippen LogP contribution is -2.59. The van der Waals surface area contributed by atoms with E-state index in [0.29, 0.717) is 0 Å². The van der Waals surface area contributed by atoms with Crippen LogP contribution in [0.1, 0.15) is 175 Å². The van der Waals surface area contributed by atoms with Crippen LogP contribution >= 0.6 is 11.3 Å². The van der Waals surface area contributed by atoms with Crippen LogP contribution in [0.2, 0.25) is 0 Å². The monoisotopic (exact) mass is 814 g/mol. The van der Waals surface area contributed by atoms with Crippen LogP contribution in [0.25, 0.3) is 10.1 Å². The molecule has 0 amide bonds. The Labute approximate surface area is 366 Å². The third-order valence-electron chi connectivity index (χ3n) is 16.8. The van der Waals surface area contributed by atoms with Gasteiger partial charge >= 0.3 is 0 Å². The van der Waals surface area contributed by atoms with Gasteiger partial charge in [0.1, 0.15) is 11.5 Å². The molecule has 312 valence electrons. The van der Waals surface area contributed by atoms with Crippen LogP contribution < -0.4 is 25.3 Å². The molecular formula is C56H68BNOS. The van der Waals surface area contributed by atoms with Crippen LogP contribution in [0.3, 0.4) is 0 Å². The zero-order valence-corrected chi connectivity index (χ0v) is 39.8. The van der Waals surface area contributed by atoms with Gasteiger partial charge in [-0.05, 0) is 188 Å². The Kier molecular flexibility index (Phi) is 8.11. The fourth-order valence-corrected chi connectivity index (χ4v) is 14.6. The van der Waals surface area contributed by atoms with E-state index in [2.05, 4.69) is 156 Å². The van der Waals surface area contributed by atoms with E-state index in [1.807, 2.05) is 11.3 Å². The summed E-state index contributed by atoms with van der Waals surface area (Å²) in [4.78, 5) is 2.75. The maximum atomic E-state index is 7.57. The summed E-state index contributed by atoms with van der Waals surface area (Å²) in [6.07, 6.45) is 10.7. The summed E-state index contributed by atoms with van der Waals surface area (Å²) in [6, 6.07) is 25.5. The van der Waals surface area contributed by atoms with E-state index in [-0.39, 0.29) is 39.2 Å². The smallest absolute Gasteiger partial charge is 0.268 e. The number of hydrogen-bond donors (Lipinski definition) is 0. The first-order valence-corrected chi connectivity index (χ1v) is 24.4. The van der Waals surface area contributed by atoms with E-state index < -0.39 is 0 Å². The molecule has 12 rings (SSSR count). The standard InChI is InChI=1S/C56H68BNOS/c1-51(2,3)35-14-15-47-40(24-35)49-50(60-47)57-43-27-41-42(55(12,13)17-16-54(41,10)11)28-44(43)58(39-22-36(52(4,5)6)21-37(23-39)53(7,8)9)45-25-38(26-46(59-49)48(45)57)56-29-32-18-33(30-56)20-34(19-32)31-56/h14-15,21-28,32-34H,16-20,29-31H2,1-13H3. The van der Waals surface area contributed by atoms with E-state index in [4.69, 9.17) is 4.74 Å². The predicted molar refractivity (Wildman–Crippen MR) is 259 cm³/mol. The summed E-state index contributed by atoms with van der Waals surface area (Å²) in [7, 11) is 0. The first-order chi connectivity index (χ1) is 28.0. The number of ether oxygens (including phenoxy) is 1. The van der Waals surface area contributed by atoms with Gasteiger partial charge in [-0.15, -0.1) is 11.3 Å². The molecule has 5 aliphatic carbocycles. The summed E-state index contributed by atoms with van der Waals surface area (Å²) in [6.45, 7) is 31.4. The molecule has 1 aromatic heterocycles. The topological polar surface area (TPSA) is 12.5 Å². The quantitative estimate of drug-likeness (QED) is 0.161. The Balaban J connectivity index is 1.25. The molecule has 4 aromatic carbocycles. The van der Waals surface area contributed by atoms with Gasteiger partial charge in [0.2, 0.25) is 0 Å². The lowest BCUT2D eigenvalue weighted by Gasteiger charge is -2.57. The third-order valence-corrected chi connectivity index (χ3v) is 18.0. The molecule has 3 heterocycles. The zero-order valence-electron chi connectivity index (χ0n) is 39.0. The van der Waals surface area contributed by atoms with Crippen molar-refractivity contribution >= 4 is 60.9 Å². The summed E-state index contributed by atoms with van der Waals surface area (Å²) in [5.41, 5.74) is 16.1. The molecule has 2 aliphatic heterocycles. The molecule has 60 heavy (non-hydrogen) atoms. The highest BCUT2D eigenvalue weighted by molar-refractivity contribution is 7.33. The van der Waals surface area contributed by atoms with E-state index >= 15 is 0 Å². The molecule has 2 nitrogen and oxygen atoms in total. The number of benzene rings is 4. The maximum Gasteiger partial charge on any atom is 0.268 e. The van der Waals surface area contributed by atoms with Crippen LogP contribution in [-0.4, -0.2) is 6.71 Å². The summed E-state index contributed by atoms with van der Waals surface area (Å²) in [5, 5.41) is 1.28. The minimum atomic E-state index is 0.000495. The van der Waals surface area contributed by atoms with Crippen LogP contribution in [0.5, 0.6) is 11.5 Å². The number of hydrogen-bond acceptors (Lipinski definition) is 3. The summed E-state index contributed by atoms with van der Waals surface area (Å²) >= 11 is 1.98. The average Bonchev–Trinajstić information content (AvgIpc) is 3.52. The van der Waals surface area contributed by atoms with Gasteiger partial charge in [0.25, 0.3) is 6.71 Å². The van der Waals surface area contributed by atoms with Crippen LogP contribution in [0.4, 0.5) is 17.1 Å². The van der Waals surface area contributed by atoms with E-state index in [0.717, 1.165) is 29.3 Å². The molecule has 0 unspecified atom stereocenters. The molecule has 0 saturated heterocycles.